The average Bonchev–Trinajstić information content (AvgIpc) is 2.36. The molecule has 1 rings (SSSR count). The van der Waals surface area contributed by atoms with E-state index in [1.807, 2.05) is 6.92 Å². The minimum absolute atomic E-state index is 0.114. The number of carbonyl (C=O) groups excluding carboxylic acids is 1. The molecule has 0 aliphatic rings. The lowest BCUT2D eigenvalue weighted by Gasteiger charge is -2.08. The van der Waals surface area contributed by atoms with Crippen LogP contribution < -0.4 is 5.56 Å². The first-order valence-corrected chi connectivity index (χ1v) is 6.34. The fraction of sp³-hybridized carbons (Fsp3) is 0.545. The summed E-state index contributed by atoms with van der Waals surface area (Å²) in [6, 6.07) is 0. The summed E-state index contributed by atoms with van der Waals surface area (Å²) in [6.45, 7) is 4.27. The van der Waals surface area contributed by atoms with Crippen LogP contribution in [0.5, 0.6) is 0 Å². The van der Waals surface area contributed by atoms with Crippen molar-refractivity contribution in [3.63, 3.8) is 0 Å². The zero-order chi connectivity index (χ0) is 12.8. The summed E-state index contributed by atoms with van der Waals surface area (Å²) in [5.41, 5.74) is -0.114. The first kappa shape index (κ1) is 13.8. The summed E-state index contributed by atoms with van der Waals surface area (Å²) >= 11 is 1.28. The number of carbonyl (C=O) groups is 1. The molecule has 0 amide bonds. The number of nitrogens with zero attached hydrogens (tertiary/aromatic N) is 2. The highest BCUT2D eigenvalue weighted by atomic mass is 32.2. The number of aryl methyl sites for hydroxylation is 1. The molecule has 0 radical (unpaired) electrons. The second-order valence-corrected chi connectivity index (χ2v) is 4.57. The van der Waals surface area contributed by atoms with Crippen LogP contribution in [0.3, 0.4) is 0 Å². The van der Waals surface area contributed by atoms with Gasteiger partial charge in [-0.05, 0) is 6.92 Å². The molecule has 17 heavy (non-hydrogen) atoms. The van der Waals surface area contributed by atoms with E-state index in [1.165, 1.54) is 18.9 Å². The molecule has 0 aliphatic heterocycles. The van der Waals surface area contributed by atoms with E-state index in [4.69, 9.17) is 0 Å². The van der Waals surface area contributed by atoms with Crippen molar-refractivity contribution in [2.24, 2.45) is 5.92 Å². The lowest BCUT2D eigenvalue weighted by molar-refractivity contribution is -0.143. The smallest absolute Gasteiger partial charge is 0.309 e. The zero-order valence-corrected chi connectivity index (χ0v) is 11.0. The zero-order valence-electron chi connectivity index (χ0n) is 10.2. The number of methoxy groups -OCH3 is 1. The van der Waals surface area contributed by atoms with Crippen LogP contribution in [0, 0.1) is 5.92 Å². The fourth-order valence-corrected chi connectivity index (χ4v) is 2.17. The molecule has 0 aromatic carbocycles. The number of hydrogen-bond acceptors (Lipinski definition) is 5. The van der Waals surface area contributed by atoms with Gasteiger partial charge in [0, 0.05) is 24.7 Å². The van der Waals surface area contributed by atoms with Gasteiger partial charge in [-0.15, -0.1) is 0 Å². The van der Waals surface area contributed by atoms with Crippen molar-refractivity contribution in [2.75, 3.05) is 12.9 Å². The van der Waals surface area contributed by atoms with Crippen molar-refractivity contribution < 1.29 is 9.53 Å². The third-order valence-electron chi connectivity index (χ3n) is 2.30. The van der Waals surface area contributed by atoms with Gasteiger partial charge in [-0.2, -0.15) is 0 Å². The second-order valence-electron chi connectivity index (χ2n) is 3.56. The molecule has 0 bridgehead atoms. The van der Waals surface area contributed by atoms with Crippen LogP contribution >= 0.6 is 11.8 Å². The van der Waals surface area contributed by atoms with Gasteiger partial charge in [0.2, 0.25) is 0 Å². The SMILES string of the molecule is CCn1ccnc(SCC(C)C(=O)OC)c1=O. The van der Waals surface area contributed by atoms with E-state index in [0.717, 1.165) is 0 Å². The molecule has 1 heterocycles. The molecule has 94 valence electrons. The van der Waals surface area contributed by atoms with Gasteiger partial charge in [0.25, 0.3) is 5.56 Å². The van der Waals surface area contributed by atoms with Crippen molar-refractivity contribution in [3.8, 4) is 0 Å². The van der Waals surface area contributed by atoms with Gasteiger partial charge in [-0.25, -0.2) is 4.98 Å². The van der Waals surface area contributed by atoms with Gasteiger partial charge in [0.1, 0.15) is 0 Å². The fourth-order valence-electron chi connectivity index (χ4n) is 1.25. The summed E-state index contributed by atoms with van der Waals surface area (Å²) < 4.78 is 6.20. The third-order valence-corrected chi connectivity index (χ3v) is 3.52. The number of rotatable bonds is 5. The van der Waals surface area contributed by atoms with E-state index in [2.05, 4.69) is 9.72 Å². The average molecular weight is 256 g/mol. The Morgan fingerprint density at radius 2 is 2.35 bits per heavy atom. The van der Waals surface area contributed by atoms with Gasteiger partial charge < -0.3 is 9.30 Å². The third kappa shape index (κ3) is 3.59. The normalized spacial score (nSPS) is 12.2. The minimum Gasteiger partial charge on any atom is -0.469 e. The van der Waals surface area contributed by atoms with Crippen LogP contribution in [0.15, 0.2) is 22.2 Å². The highest BCUT2D eigenvalue weighted by molar-refractivity contribution is 7.99. The Hall–Kier alpha value is -1.30. The van der Waals surface area contributed by atoms with E-state index in [1.54, 1.807) is 23.9 Å². The molecule has 0 saturated heterocycles. The highest BCUT2D eigenvalue weighted by Crippen LogP contribution is 2.15. The molecule has 1 aromatic heterocycles. The largest absolute Gasteiger partial charge is 0.469 e. The Kier molecular flexibility index (Phi) is 5.21. The molecule has 5 nitrogen and oxygen atoms in total. The maximum atomic E-state index is 11.8. The Labute approximate surface area is 104 Å². The maximum absolute atomic E-state index is 11.8. The van der Waals surface area contributed by atoms with Gasteiger partial charge >= 0.3 is 5.97 Å². The predicted molar refractivity (Wildman–Crippen MR) is 66.1 cm³/mol. The number of hydrogen-bond donors (Lipinski definition) is 0. The minimum atomic E-state index is -0.274. The first-order chi connectivity index (χ1) is 8.10. The van der Waals surface area contributed by atoms with Crippen molar-refractivity contribution >= 4 is 17.7 Å². The number of esters is 1. The molecule has 1 atom stereocenters. The molecule has 0 aliphatic carbocycles. The van der Waals surface area contributed by atoms with E-state index in [9.17, 15) is 9.59 Å². The van der Waals surface area contributed by atoms with Gasteiger partial charge in [0.15, 0.2) is 5.03 Å². The Morgan fingerprint density at radius 1 is 1.65 bits per heavy atom. The quantitative estimate of drug-likeness (QED) is 0.584. The summed E-state index contributed by atoms with van der Waals surface area (Å²) in [4.78, 5) is 27.0. The lowest BCUT2D eigenvalue weighted by atomic mass is 10.2. The molecule has 0 spiro atoms. The molecule has 0 fully saturated rings. The Balaban J connectivity index is 2.70. The van der Waals surface area contributed by atoms with E-state index in [0.29, 0.717) is 17.3 Å². The standard InChI is InChI=1S/C11H16N2O3S/c1-4-13-6-5-12-9(10(13)14)17-7-8(2)11(15)16-3/h5-6,8H,4,7H2,1-3H3. The summed E-state index contributed by atoms with van der Waals surface area (Å²) in [6.07, 6.45) is 3.24. The molecule has 0 N–H and O–H groups in total. The van der Waals surface area contributed by atoms with Gasteiger partial charge in [0.05, 0.1) is 13.0 Å². The second kappa shape index (κ2) is 6.44. The van der Waals surface area contributed by atoms with Crippen LogP contribution in [-0.4, -0.2) is 28.4 Å². The first-order valence-electron chi connectivity index (χ1n) is 5.36. The summed E-state index contributed by atoms with van der Waals surface area (Å²) in [5.74, 6) is -0.0337. The maximum Gasteiger partial charge on any atom is 0.309 e. The van der Waals surface area contributed by atoms with Gasteiger partial charge in [-0.1, -0.05) is 18.7 Å². The van der Waals surface area contributed by atoms with Crippen molar-refractivity contribution in [2.45, 2.75) is 25.4 Å². The monoisotopic (exact) mass is 256 g/mol. The molecule has 1 unspecified atom stereocenters. The number of thioether (sulfide) groups is 1. The van der Waals surface area contributed by atoms with Gasteiger partial charge in [-0.3, -0.25) is 9.59 Å². The van der Waals surface area contributed by atoms with E-state index < -0.39 is 0 Å². The molecule has 6 heteroatoms. The predicted octanol–water partition coefficient (Wildman–Crippen LogP) is 1.16. The van der Waals surface area contributed by atoms with Crippen LogP contribution in [0.2, 0.25) is 0 Å². The van der Waals surface area contributed by atoms with E-state index >= 15 is 0 Å². The van der Waals surface area contributed by atoms with Crippen LogP contribution in [0.25, 0.3) is 0 Å². The molecule has 1 aromatic rings. The van der Waals surface area contributed by atoms with Crippen molar-refractivity contribution in [3.05, 3.63) is 22.7 Å². The van der Waals surface area contributed by atoms with Crippen molar-refractivity contribution in [1.82, 2.24) is 9.55 Å². The highest BCUT2D eigenvalue weighted by Gasteiger charge is 2.15. The van der Waals surface area contributed by atoms with Crippen molar-refractivity contribution in [1.29, 1.82) is 0 Å². The Morgan fingerprint density at radius 3 is 2.94 bits per heavy atom. The Bertz CT molecular complexity index is 445. The molecular formula is C11H16N2O3S. The molecular weight excluding hydrogens is 240 g/mol. The van der Waals surface area contributed by atoms with Crippen LogP contribution in [-0.2, 0) is 16.1 Å². The van der Waals surface area contributed by atoms with Crippen LogP contribution in [0.1, 0.15) is 13.8 Å². The van der Waals surface area contributed by atoms with Crippen LogP contribution in [0.4, 0.5) is 0 Å². The topological polar surface area (TPSA) is 61.2 Å². The summed E-state index contributed by atoms with van der Waals surface area (Å²) in [7, 11) is 1.36. The summed E-state index contributed by atoms with van der Waals surface area (Å²) in [5, 5.41) is 0.421. The number of aromatic nitrogens is 2. The van der Waals surface area contributed by atoms with E-state index in [-0.39, 0.29) is 17.4 Å². The number of ether oxygens (including phenoxy) is 1. The molecule has 0 saturated carbocycles. The lowest BCUT2D eigenvalue weighted by Crippen LogP contribution is -2.22.